The van der Waals surface area contributed by atoms with Crippen molar-refractivity contribution >= 4 is 5.78 Å². The summed E-state index contributed by atoms with van der Waals surface area (Å²) in [5, 5.41) is 40.7. The molecule has 2 aromatic rings. The maximum absolute atomic E-state index is 12.8. The molecule has 3 rings (SSSR count). The second kappa shape index (κ2) is 7.44. The molecule has 0 fully saturated rings. The number of ether oxygens (including phenoxy) is 2. The highest BCUT2D eigenvalue weighted by molar-refractivity contribution is 6.06. The van der Waals surface area contributed by atoms with E-state index in [0.717, 1.165) is 11.6 Å². The van der Waals surface area contributed by atoms with E-state index < -0.39 is 23.7 Å². The SMILES string of the molecule is COc1cc([C@H]2Oc3c(CC=C(C)C)c(O)cc(O)c3C(=O)[C@@H]2O)ccc1O. The maximum atomic E-state index is 12.8. The third kappa shape index (κ3) is 3.36. The Hall–Kier alpha value is -3.19. The van der Waals surface area contributed by atoms with Crippen molar-refractivity contribution in [1.82, 2.24) is 0 Å². The highest BCUT2D eigenvalue weighted by atomic mass is 16.5. The number of fused-ring (bicyclic) bond motifs is 1. The summed E-state index contributed by atoms with van der Waals surface area (Å²) in [6.45, 7) is 3.79. The van der Waals surface area contributed by atoms with Gasteiger partial charge < -0.3 is 29.9 Å². The molecule has 1 aliphatic heterocycles. The van der Waals surface area contributed by atoms with Crippen molar-refractivity contribution in [3.8, 4) is 28.7 Å². The van der Waals surface area contributed by atoms with Gasteiger partial charge in [0.15, 0.2) is 23.7 Å². The molecule has 0 spiro atoms. The zero-order chi connectivity index (χ0) is 20.6. The third-order valence-corrected chi connectivity index (χ3v) is 4.63. The quantitative estimate of drug-likeness (QED) is 0.597. The predicted molar refractivity (Wildman–Crippen MR) is 101 cm³/mol. The van der Waals surface area contributed by atoms with Crippen molar-refractivity contribution in [2.24, 2.45) is 0 Å². The molecule has 0 radical (unpaired) electrons. The second-order valence-corrected chi connectivity index (χ2v) is 6.86. The van der Waals surface area contributed by atoms with E-state index in [0.29, 0.717) is 11.1 Å². The van der Waals surface area contributed by atoms with Crippen LogP contribution in [0.2, 0.25) is 0 Å². The molecule has 2 aromatic carbocycles. The lowest BCUT2D eigenvalue weighted by Crippen LogP contribution is -2.36. The fraction of sp³-hybridized carbons (Fsp3) is 0.286. The lowest BCUT2D eigenvalue weighted by Gasteiger charge is -2.32. The Morgan fingerprint density at radius 2 is 1.86 bits per heavy atom. The van der Waals surface area contributed by atoms with Gasteiger partial charge in [0.25, 0.3) is 0 Å². The number of benzene rings is 2. The molecule has 28 heavy (non-hydrogen) atoms. The van der Waals surface area contributed by atoms with Gasteiger partial charge in [-0.1, -0.05) is 17.7 Å². The Morgan fingerprint density at radius 3 is 2.50 bits per heavy atom. The summed E-state index contributed by atoms with van der Waals surface area (Å²) in [6, 6.07) is 5.40. The minimum absolute atomic E-state index is 0.0299. The van der Waals surface area contributed by atoms with Crippen LogP contribution in [-0.4, -0.2) is 39.4 Å². The van der Waals surface area contributed by atoms with E-state index in [4.69, 9.17) is 9.47 Å². The van der Waals surface area contributed by atoms with E-state index in [1.54, 1.807) is 0 Å². The molecule has 7 heteroatoms. The van der Waals surface area contributed by atoms with Gasteiger partial charge in [0, 0.05) is 11.6 Å². The van der Waals surface area contributed by atoms with Gasteiger partial charge in [0.2, 0.25) is 5.78 Å². The summed E-state index contributed by atoms with van der Waals surface area (Å²) in [4.78, 5) is 12.8. The number of methoxy groups -OCH3 is 1. The zero-order valence-electron chi connectivity index (χ0n) is 15.8. The molecule has 0 aromatic heterocycles. The number of ketones is 1. The molecule has 1 heterocycles. The van der Waals surface area contributed by atoms with Gasteiger partial charge in [0.05, 0.1) is 7.11 Å². The molecule has 4 N–H and O–H groups in total. The second-order valence-electron chi connectivity index (χ2n) is 6.86. The smallest absolute Gasteiger partial charge is 0.202 e. The molecule has 0 saturated carbocycles. The first-order chi connectivity index (χ1) is 13.2. The van der Waals surface area contributed by atoms with Crippen LogP contribution in [0.5, 0.6) is 28.7 Å². The monoisotopic (exact) mass is 386 g/mol. The highest BCUT2D eigenvalue weighted by Gasteiger charge is 2.40. The molecule has 1 aliphatic rings. The predicted octanol–water partition coefficient (Wildman–Crippen LogP) is 3.00. The number of phenols is 3. The number of aromatic hydroxyl groups is 3. The van der Waals surface area contributed by atoms with Crippen LogP contribution in [0.25, 0.3) is 0 Å². The highest BCUT2D eigenvalue weighted by Crippen LogP contribution is 2.46. The van der Waals surface area contributed by atoms with E-state index in [9.17, 15) is 25.2 Å². The Kier molecular flexibility index (Phi) is 5.20. The number of aliphatic hydroxyl groups excluding tert-OH is 1. The number of hydrogen-bond donors (Lipinski definition) is 4. The standard InChI is InChI=1S/C21H22O7/c1-10(2)4-6-12-14(23)9-15(24)17-18(25)19(26)20(28-21(12)17)11-5-7-13(22)16(8-11)27-3/h4-5,7-9,19-20,22-24,26H,6H2,1-3H3/t19-,20+/m0/s1. The fourth-order valence-corrected chi connectivity index (χ4v) is 3.14. The number of Topliss-reactive ketones (excluding diaryl/α,β-unsaturated/α-hetero) is 1. The first kappa shape index (κ1) is 19.6. The molecular formula is C21H22O7. The Morgan fingerprint density at radius 1 is 1.14 bits per heavy atom. The lowest BCUT2D eigenvalue weighted by atomic mass is 9.90. The summed E-state index contributed by atoms with van der Waals surface area (Å²) >= 11 is 0. The number of aliphatic hydroxyl groups is 1. The fourth-order valence-electron chi connectivity index (χ4n) is 3.14. The van der Waals surface area contributed by atoms with Crippen LogP contribution in [0.4, 0.5) is 0 Å². The molecular weight excluding hydrogens is 364 g/mol. The van der Waals surface area contributed by atoms with Gasteiger partial charge in [-0.05, 0) is 38.0 Å². The van der Waals surface area contributed by atoms with Gasteiger partial charge in [0.1, 0.15) is 22.8 Å². The summed E-state index contributed by atoms with van der Waals surface area (Å²) in [7, 11) is 1.38. The van der Waals surface area contributed by atoms with Crippen molar-refractivity contribution < 1.29 is 34.7 Å². The van der Waals surface area contributed by atoms with Crippen molar-refractivity contribution in [1.29, 1.82) is 0 Å². The molecule has 148 valence electrons. The van der Waals surface area contributed by atoms with E-state index in [1.807, 2.05) is 19.9 Å². The van der Waals surface area contributed by atoms with Gasteiger partial charge >= 0.3 is 0 Å². The van der Waals surface area contributed by atoms with Gasteiger partial charge in [-0.25, -0.2) is 0 Å². The van der Waals surface area contributed by atoms with Crippen LogP contribution >= 0.6 is 0 Å². The molecule has 0 saturated heterocycles. The van der Waals surface area contributed by atoms with E-state index in [-0.39, 0.29) is 35.0 Å². The van der Waals surface area contributed by atoms with Crippen molar-refractivity contribution in [3.05, 3.63) is 52.6 Å². The topological polar surface area (TPSA) is 116 Å². The molecule has 0 bridgehead atoms. The first-order valence-electron chi connectivity index (χ1n) is 8.71. The lowest BCUT2D eigenvalue weighted by molar-refractivity contribution is 0.0205. The Bertz CT molecular complexity index is 958. The Labute approximate surface area is 162 Å². The molecule has 0 amide bonds. The molecule has 0 aliphatic carbocycles. The Balaban J connectivity index is 2.13. The average molecular weight is 386 g/mol. The molecule has 7 nitrogen and oxygen atoms in total. The average Bonchev–Trinajstić information content (AvgIpc) is 2.64. The van der Waals surface area contributed by atoms with Gasteiger partial charge in [-0.2, -0.15) is 0 Å². The van der Waals surface area contributed by atoms with Crippen molar-refractivity contribution in [3.63, 3.8) is 0 Å². The van der Waals surface area contributed by atoms with E-state index in [2.05, 4.69) is 0 Å². The maximum Gasteiger partial charge on any atom is 0.202 e. The number of hydrogen-bond acceptors (Lipinski definition) is 7. The number of carbonyl (C=O) groups excluding carboxylic acids is 1. The summed E-state index contributed by atoms with van der Waals surface area (Å²) in [6.07, 6.45) is -0.537. The third-order valence-electron chi connectivity index (χ3n) is 4.63. The van der Waals surface area contributed by atoms with Crippen LogP contribution in [0.15, 0.2) is 35.9 Å². The van der Waals surface area contributed by atoms with Crippen LogP contribution < -0.4 is 9.47 Å². The minimum atomic E-state index is -1.58. The molecule has 2 atom stereocenters. The number of allylic oxidation sites excluding steroid dienone is 2. The number of rotatable bonds is 4. The summed E-state index contributed by atoms with van der Waals surface area (Å²) in [5.74, 6) is -1.28. The van der Waals surface area contributed by atoms with Crippen LogP contribution in [0.1, 0.15) is 41.4 Å². The van der Waals surface area contributed by atoms with Crippen molar-refractivity contribution in [2.75, 3.05) is 7.11 Å². The normalized spacial score (nSPS) is 18.2. The van der Waals surface area contributed by atoms with E-state index >= 15 is 0 Å². The van der Waals surface area contributed by atoms with Crippen LogP contribution in [0, 0.1) is 0 Å². The van der Waals surface area contributed by atoms with Gasteiger partial charge in [-0.3, -0.25) is 4.79 Å². The van der Waals surface area contributed by atoms with E-state index in [1.165, 1.54) is 25.3 Å². The number of phenolic OH excluding ortho intramolecular Hbond substituents is 3. The molecule has 0 unspecified atom stereocenters. The first-order valence-corrected chi connectivity index (χ1v) is 8.71. The van der Waals surface area contributed by atoms with Crippen LogP contribution in [0.3, 0.4) is 0 Å². The summed E-state index contributed by atoms with van der Waals surface area (Å²) in [5.41, 5.74) is 1.58. The largest absolute Gasteiger partial charge is 0.507 e. The zero-order valence-corrected chi connectivity index (χ0v) is 15.8. The summed E-state index contributed by atoms with van der Waals surface area (Å²) < 4.78 is 11.0. The minimum Gasteiger partial charge on any atom is -0.507 e. The number of carbonyl (C=O) groups is 1. The van der Waals surface area contributed by atoms with Crippen molar-refractivity contribution in [2.45, 2.75) is 32.5 Å². The van der Waals surface area contributed by atoms with Crippen LogP contribution in [-0.2, 0) is 6.42 Å². The van der Waals surface area contributed by atoms with Gasteiger partial charge in [-0.15, -0.1) is 0 Å².